The molecule has 0 radical (unpaired) electrons. The lowest BCUT2D eigenvalue weighted by Gasteiger charge is -2.33. The molecule has 1 aromatic rings. The molecule has 4 N–H and O–H groups in total. The van der Waals surface area contributed by atoms with Crippen LogP contribution in [0.25, 0.3) is 0 Å². The summed E-state index contributed by atoms with van der Waals surface area (Å²) in [4.78, 5) is 23.8. The number of nitrogens with two attached hydrogens (primary N) is 1. The van der Waals surface area contributed by atoms with E-state index in [0.717, 1.165) is 5.56 Å². The molecule has 8 nitrogen and oxygen atoms in total. The molecule has 150 valence electrons. The summed E-state index contributed by atoms with van der Waals surface area (Å²) in [6, 6.07) is 5.18. The molecule has 3 amide bonds. The van der Waals surface area contributed by atoms with Crippen LogP contribution >= 0.6 is 0 Å². The number of amides is 3. The number of piperidine rings is 1. The molecular weight excluding hydrogens is 368 g/mol. The summed E-state index contributed by atoms with van der Waals surface area (Å²) in [7, 11) is -3.53. The highest BCUT2D eigenvalue weighted by molar-refractivity contribution is 7.89. The molecule has 1 saturated heterocycles. The normalized spacial score (nSPS) is 17.5. The van der Waals surface area contributed by atoms with Gasteiger partial charge < -0.3 is 16.4 Å². The quantitative estimate of drug-likeness (QED) is 0.663. The van der Waals surface area contributed by atoms with Crippen LogP contribution in [0, 0.1) is 12.8 Å². The van der Waals surface area contributed by atoms with Gasteiger partial charge in [0.15, 0.2) is 0 Å². The minimum absolute atomic E-state index is 0.112. The molecule has 1 heterocycles. The number of rotatable bonds is 6. The summed E-state index contributed by atoms with van der Waals surface area (Å²) in [6.07, 6.45) is 1.02. The van der Waals surface area contributed by atoms with Gasteiger partial charge in [-0.15, -0.1) is 0 Å². The zero-order valence-electron chi connectivity index (χ0n) is 15.9. The van der Waals surface area contributed by atoms with Crippen LogP contribution in [0.4, 0.5) is 4.79 Å². The summed E-state index contributed by atoms with van der Waals surface area (Å²) in [6.45, 7) is 6.20. The topological polar surface area (TPSA) is 122 Å². The fourth-order valence-electron chi connectivity index (χ4n) is 3.08. The number of aryl methyl sites for hydroxylation is 1. The van der Waals surface area contributed by atoms with Crippen LogP contribution in [-0.2, 0) is 14.8 Å². The molecule has 1 fully saturated rings. The number of urea groups is 1. The summed E-state index contributed by atoms with van der Waals surface area (Å²) in [5.41, 5.74) is 6.13. The van der Waals surface area contributed by atoms with Crippen LogP contribution in [0.1, 0.15) is 32.3 Å². The molecule has 0 bridgehead atoms. The number of hydrogen-bond acceptors (Lipinski definition) is 4. The predicted molar refractivity (Wildman–Crippen MR) is 102 cm³/mol. The minimum Gasteiger partial charge on any atom is -0.352 e. The lowest BCUT2D eigenvalue weighted by atomic mass is 10.0. The predicted octanol–water partition coefficient (Wildman–Crippen LogP) is 0.957. The molecule has 2 rings (SSSR count). The smallest absolute Gasteiger partial charge is 0.312 e. The van der Waals surface area contributed by atoms with Gasteiger partial charge >= 0.3 is 6.03 Å². The number of nitrogens with zero attached hydrogens (tertiary/aromatic N) is 1. The van der Waals surface area contributed by atoms with Crippen LogP contribution in [0.3, 0.4) is 0 Å². The Balaban J connectivity index is 1.95. The molecule has 1 aromatic carbocycles. The SMILES string of the molecule is Cc1ccc(S(=O)(=O)N2CCC(NC(=O)[C@@H](NC(N)=O)C(C)C)CC2)cc1. The molecule has 1 aliphatic rings. The maximum absolute atomic E-state index is 12.7. The van der Waals surface area contributed by atoms with Crippen molar-refractivity contribution in [1.82, 2.24) is 14.9 Å². The third kappa shape index (κ3) is 5.43. The van der Waals surface area contributed by atoms with E-state index in [9.17, 15) is 18.0 Å². The van der Waals surface area contributed by atoms with Gasteiger partial charge in [0, 0.05) is 19.1 Å². The first-order valence-electron chi connectivity index (χ1n) is 9.04. The minimum atomic E-state index is -3.53. The molecule has 0 aliphatic carbocycles. The third-order valence-corrected chi connectivity index (χ3v) is 6.62. The number of hydrogen-bond donors (Lipinski definition) is 3. The number of carbonyl (C=O) groups is 2. The first-order valence-corrected chi connectivity index (χ1v) is 10.5. The molecule has 0 unspecified atom stereocenters. The van der Waals surface area contributed by atoms with Crippen molar-refractivity contribution in [2.24, 2.45) is 11.7 Å². The van der Waals surface area contributed by atoms with Crippen LogP contribution in [-0.4, -0.2) is 49.8 Å². The lowest BCUT2D eigenvalue weighted by Crippen LogP contribution is -2.55. The number of nitrogens with one attached hydrogen (secondary N) is 2. The van der Waals surface area contributed by atoms with Gasteiger partial charge in [-0.05, 0) is 37.8 Å². The Morgan fingerprint density at radius 3 is 2.19 bits per heavy atom. The summed E-state index contributed by atoms with van der Waals surface area (Å²) in [5.74, 6) is -0.414. The second-order valence-corrected chi connectivity index (χ2v) is 9.17. The second-order valence-electron chi connectivity index (χ2n) is 7.23. The summed E-state index contributed by atoms with van der Waals surface area (Å²) >= 11 is 0. The average Bonchev–Trinajstić information content (AvgIpc) is 2.60. The largest absolute Gasteiger partial charge is 0.352 e. The van der Waals surface area contributed by atoms with Crippen molar-refractivity contribution in [3.05, 3.63) is 29.8 Å². The fourth-order valence-corrected chi connectivity index (χ4v) is 4.55. The summed E-state index contributed by atoms with van der Waals surface area (Å²) in [5, 5.41) is 5.34. The van der Waals surface area contributed by atoms with Crippen LogP contribution in [0.5, 0.6) is 0 Å². The van der Waals surface area contributed by atoms with Crippen molar-refractivity contribution in [3.63, 3.8) is 0 Å². The average molecular weight is 397 g/mol. The molecule has 27 heavy (non-hydrogen) atoms. The van der Waals surface area contributed by atoms with E-state index in [1.54, 1.807) is 24.3 Å². The maximum Gasteiger partial charge on any atom is 0.312 e. The van der Waals surface area contributed by atoms with Crippen molar-refractivity contribution < 1.29 is 18.0 Å². The summed E-state index contributed by atoms with van der Waals surface area (Å²) < 4.78 is 26.9. The highest BCUT2D eigenvalue weighted by atomic mass is 32.2. The van der Waals surface area contributed by atoms with Crippen LogP contribution in [0.15, 0.2) is 29.2 Å². The Morgan fingerprint density at radius 2 is 1.70 bits per heavy atom. The lowest BCUT2D eigenvalue weighted by molar-refractivity contribution is -0.124. The van der Waals surface area contributed by atoms with E-state index >= 15 is 0 Å². The Labute approximate surface area is 160 Å². The Hall–Kier alpha value is -2.13. The van der Waals surface area contributed by atoms with E-state index in [0.29, 0.717) is 25.9 Å². The third-order valence-electron chi connectivity index (χ3n) is 4.71. The molecular formula is C18H28N4O4S. The Bertz CT molecular complexity index is 769. The number of primary amides is 1. The van der Waals surface area contributed by atoms with Gasteiger partial charge in [0.2, 0.25) is 15.9 Å². The van der Waals surface area contributed by atoms with Gasteiger partial charge in [-0.3, -0.25) is 4.79 Å². The van der Waals surface area contributed by atoms with Gasteiger partial charge in [0.25, 0.3) is 0 Å². The van der Waals surface area contributed by atoms with E-state index < -0.39 is 22.1 Å². The van der Waals surface area contributed by atoms with Crippen molar-refractivity contribution >= 4 is 22.0 Å². The monoisotopic (exact) mass is 396 g/mol. The van der Waals surface area contributed by atoms with E-state index in [1.165, 1.54) is 4.31 Å². The first kappa shape index (κ1) is 21.2. The Kier molecular flexibility index (Phi) is 6.83. The van der Waals surface area contributed by atoms with Crippen molar-refractivity contribution in [3.8, 4) is 0 Å². The van der Waals surface area contributed by atoms with Crippen LogP contribution < -0.4 is 16.4 Å². The molecule has 0 aromatic heterocycles. The van der Waals surface area contributed by atoms with Gasteiger partial charge in [0.1, 0.15) is 6.04 Å². The van der Waals surface area contributed by atoms with Gasteiger partial charge in [0.05, 0.1) is 4.90 Å². The van der Waals surface area contributed by atoms with Crippen molar-refractivity contribution in [1.29, 1.82) is 0 Å². The molecule has 0 saturated carbocycles. The number of carbonyl (C=O) groups excluding carboxylic acids is 2. The second kappa shape index (κ2) is 8.71. The fraction of sp³-hybridized carbons (Fsp3) is 0.556. The van der Waals surface area contributed by atoms with Crippen molar-refractivity contribution in [2.75, 3.05) is 13.1 Å². The standard InChI is InChI=1S/C18H28N4O4S/c1-12(2)16(21-18(19)24)17(23)20-14-8-10-22(11-9-14)27(25,26)15-6-4-13(3)5-7-15/h4-7,12,14,16H,8-11H2,1-3H3,(H,20,23)(H3,19,21,24)/t16-/m0/s1. The number of sulfonamides is 1. The zero-order valence-corrected chi connectivity index (χ0v) is 16.8. The van der Waals surface area contributed by atoms with Gasteiger partial charge in [-0.2, -0.15) is 4.31 Å². The first-order chi connectivity index (χ1) is 12.6. The maximum atomic E-state index is 12.7. The molecule has 1 aliphatic heterocycles. The van der Waals surface area contributed by atoms with E-state index in [4.69, 9.17) is 5.73 Å². The van der Waals surface area contributed by atoms with Gasteiger partial charge in [-0.1, -0.05) is 31.5 Å². The number of benzene rings is 1. The van der Waals surface area contributed by atoms with E-state index in [1.807, 2.05) is 20.8 Å². The molecule has 1 atom stereocenters. The highest BCUT2D eigenvalue weighted by Crippen LogP contribution is 2.21. The van der Waals surface area contributed by atoms with E-state index in [-0.39, 0.29) is 22.8 Å². The van der Waals surface area contributed by atoms with E-state index in [2.05, 4.69) is 10.6 Å². The van der Waals surface area contributed by atoms with Crippen LogP contribution in [0.2, 0.25) is 0 Å². The highest BCUT2D eigenvalue weighted by Gasteiger charge is 2.31. The van der Waals surface area contributed by atoms with Crippen molar-refractivity contribution in [2.45, 2.75) is 50.6 Å². The molecule has 9 heteroatoms. The molecule has 0 spiro atoms. The Morgan fingerprint density at radius 1 is 1.15 bits per heavy atom. The zero-order chi connectivity index (χ0) is 20.2. The van der Waals surface area contributed by atoms with Gasteiger partial charge in [-0.25, -0.2) is 13.2 Å².